The monoisotopic (exact) mass is 1710 g/mol. The minimum Gasteiger partial charge on any atom is -0.481 e. The number of carboxylic acids is 2. The Morgan fingerprint density at radius 2 is 0.683 bits per heavy atom. The van der Waals surface area contributed by atoms with Crippen LogP contribution in [0.25, 0.3) is 0 Å². The number of benzene rings is 10. The quantitative estimate of drug-likeness (QED) is 0.00759. The Balaban J connectivity index is 0.000000228. The SMILES string of the molecule is NCCc1ccc([N+](=O)[O-])cc1.Nc1ccc(CCNC[C@H](O)c2ccccc2)cc1.Nc1nc(CC(=O)Nc2ccc(CCNC[C@H](O)c3ccccc3)cc2)cs1.Nc1nc(CC(=O)O)cs1.O=C(NCCc1ccc([N+](=O)[O-])cc1)[C@H](O)c1ccccc1.O=C(O)[C@H](O)c1ccccc1.O=[N+]([O-])c1ccc(CCNC[C@H](O)c2ccccc2)cc1. The Morgan fingerprint density at radius 3 is 0.992 bits per heavy atom. The maximum absolute atomic E-state index is 12.0. The molecule has 0 saturated heterocycles. The van der Waals surface area contributed by atoms with E-state index in [0.717, 1.165) is 89.1 Å². The number of aromatic nitrogens is 2. The molecule has 123 heavy (non-hydrogen) atoms. The summed E-state index contributed by atoms with van der Waals surface area (Å²) in [5.41, 5.74) is 33.8. The van der Waals surface area contributed by atoms with Crippen molar-refractivity contribution in [1.82, 2.24) is 31.2 Å². The zero-order valence-electron chi connectivity index (χ0n) is 67.2. The minimum atomic E-state index is -1.41. The number of nitrogen functional groups attached to an aromatic ring is 3. The Kier molecular flexibility index (Phi) is 44.3. The molecule has 0 aliphatic carbocycles. The third-order valence-corrected chi connectivity index (χ3v) is 19.1. The van der Waals surface area contributed by atoms with Crippen LogP contribution in [-0.2, 0) is 64.1 Å². The Labute approximate surface area is 719 Å². The van der Waals surface area contributed by atoms with E-state index in [1.807, 2.05) is 146 Å². The summed E-state index contributed by atoms with van der Waals surface area (Å²) >= 11 is 2.58. The Hall–Kier alpha value is -13.4. The van der Waals surface area contributed by atoms with Crippen molar-refractivity contribution in [2.45, 2.75) is 75.5 Å². The fourth-order valence-electron chi connectivity index (χ4n) is 11.1. The van der Waals surface area contributed by atoms with Gasteiger partial charge in [-0.15, -0.1) is 22.7 Å². The number of carbonyl (C=O) groups is 4. The third-order valence-electron chi connectivity index (χ3n) is 17.7. The molecule has 0 saturated carbocycles. The predicted octanol–water partition coefficient (Wildman–Crippen LogP) is 11.6. The van der Waals surface area contributed by atoms with Gasteiger partial charge in [0.15, 0.2) is 22.5 Å². The number of aliphatic carboxylic acids is 2. The highest BCUT2D eigenvalue weighted by atomic mass is 32.1. The van der Waals surface area contributed by atoms with Gasteiger partial charge >= 0.3 is 11.9 Å². The summed E-state index contributed by atoms with van der Waals surface area (Å²) in [5, 5.41) is 117. The Bertz CT molecular complexity index is 5060. The standard InChI is InChI=1S/C21H24N4O2S.C16H16N2O4.C16H18N2O3.C16H20N2O.C8H10N2O2.C8H8O3.C5H6N2O2S/c22-21-25-18(14-28-21)12-20(27)24-17-8-6-15(7-9-17)10-11-23-13-19(26)16-4-2-1-3-5-16;19-15(13-4-2-1-3-5-13)16(20)17-11-10-12-6-8-14(9-7-12)18(21)22;19-16(14-4-2-1-3-5-14)12-17-11-10-13-6-8-15(9-7-13)18(20)21;17-15-8-6-13(7-9-15)10-11-18-12-16(19)14-4-2-1-3-5-14;9-6-5-7-1-3-8(4-2-7)10(11)12;9-7(8(10)11)6-4-2-1-3-5-6;6-5-7-3(2-10-5)1-4(8)9/h1-9,14,19,23,26H,10-13H2,(H2,22,25)(H,24,27);1-9,15,19H,10-11H2,(H,17,20);1-9,16-17,19H,10-12H2;1-9,16,18-19H,10-12,17H2;1-4H,5-6,9H2;1-5,7,9H,(H,10,11);2H,1H2,(H2,6,7)(H,8,9)/t19-;15-;2*16-;;7-;/m0100.1./s1. The van der Waals surface area contributed by atoms with Crippen molar-refractivity contribution in [3.8, 4) is 0 Å². The Morgan fingerprint density at radius 1 is 0.382 bits per heavy atom. The molecule has 0 unspecified atom stereocenters. The van der Waals surface area contributed by atoms with Gasteiger partial charge in [-0.25, -0.2) is 14.8 Å². The van der Waals surface area contributed by atoms with Gasteiger partial charge in [0.2, 0.25) is 5.91 Å². The van der Waals surface area contributed by atoms with Crippen LogP contribution in [0, 0.1) is 30.3 Å². The van der Waals surface area contributed by atoms with Gasteiger partial charge in [-0.2, -0.15) is 0 Å². The number of carbonyl (C=O) groups excluding carboxylic acids is 2. The molecule has 2 amide bonds. The summed E-state index contributed by atoms with van der Waals surface area (Å²) in [5.74, 6) is -2.69. The number of non-ortho nitro benzene ring substituents is 3. The van der Waals surface area contributed by atoms with Crippen molar-refractivity contribution in [2.75, 3.05) is 74.9 Å². The topological polar surface area (TPSA) is 529 Å². The molecule has 12 aromatic rings. The number of nitrogens with zero attached hydrogens (tertiary/aromatic N) is 5. The molecule has 0 fully saturated rings. The molecule has 12 rings (SSSR count). The van der Waals surface area contributed by atoms with Crippen molar-refractivity contribution >= 4 is 85.1 Å². The number of aliphatic hydroxyl groups is 5. The lowest BCUT2D eigenvalue weighted by molar-refractivity contribution is -0.385. The second kappa shape index (κ2) is 55.4. The summed E-state index contributed by atoms with van der Waals surface area (Å²) < 4.78 is 0. The lowest BCUT2D eigenvalue weighted by atomic mass is 10.1. The van der Waals surface area contributed by atoms with Crippen molar-refractivity contribution in [3.63, 3.8) is 0 Å². The second-order valence-electron chi connectivity index (χ2n) is 27.0. The maximum atomic E-state index is 12.0. The van der Waals surface area contributed by atoms with Crippen LogP contribution in [0.15, 0.2) is 284 Å². The van der Waals surface area contributed by atoms with Gasteiger partial charge in [-0.05, 0) is 138 Å². The number of hydrogen-bond acceptors (Lipinski definition) is 26. The smallest absolute Gasteiger partial charge is 0.337 e. The molecular formula is C90H102N14O17S2. The van der Waals surface area contributed by atoms with E-state index in [-0.39, 0.29) is 35.8 Å². The van der Waals surface area contributed by atoms with Crippen LogP contribution in [0.4, 0.5) is 38.7 Å². The van der Waals surface area contributed by atoms with Gasteiger partial charge in [-0.3, -0.25) is 44.7 Å². The van der Waals surface area contributed by atoms with Gasteiger partial charge < -0.3 is 85.3 Å². The van der Waals surface area contributed by atoms with Gasteiger partial charge in [0, 0.05) is 84.7 Å². The van der Waals surface area contributed by atoms with E-state index in [1.165, 1.54) is 64.6 Å². The number of nitrogens with two attached hydrogens (primary N) is 4. The summed E-state index contributed by atoms with van der Waals surface area (Å²) in [6.07, 6.45) is -0.0911. The largest absolute Gasteiger partial charge is 0.481 e. The highest BCUT2D eigenvalue weighted by molar-refractivity contribution is 7.13. The van der Waals surface area contributed by atoms with Crippen LogP contribution in [0.5, 0.6) is 0 Å². The van der Waals surface area contributed by atoms with Gasteiger partial charge in [-0.1, -0.05) is 212 Å². The molecule has 5 atom stereocenters. The summed E-state index contributed by atoms with van der Waals surface area (Å²) in [4.78, 5) is 82.2. The van der Waals surface area contributed by atoms with E-state index in [2.05, 4.69) is 36.6 Å². The molecule has 0 radical (unpaired) electrons. The van der Waals surface area contributed by atoms with E-state index >= 15 is 0 Å². The minimum absolute atomic E-state index is 0.0345. The first kappa shape index (κ1) is 98.4. The molecule has 0 spiro atoms. The van der Waals surface area contributed by atoms with Crippen LogP contribution in [0.1, 0.15) is 97.5 Å². The molecule has 33 heteroatoms. The first-order valence-electron chi connectivity index (χ1n) is 38.8. The molecule has 0 aliphatic rings. The fraction of sp³-hybridized carbons (Fsp3) is 0.222. The zero-order chi connectivity index (χ0) is 89.1. The van der Waals surface area contributed by atoms with Crippen LogP contribution in [0.3, 0.4) is 0 Å². The maximum Gasteiger partial charge on any atom is 0.337 e. The van der Waals surface area contributed by atoms with Crippen molar-refractivity contribution in [2.24, 2.45) is 5.73 Å². The summed E-state index contributed by atoms with van der Waals surface area (Å²) in [6, 6.07) is 80.5. The van der Waals surface area contributed by atoms with Crippen LogP contribution >= 0.6 is 22.7 Å². The van der Waals surface area contributed by atoms with Crippen molar-refractivity contribution in [3.05, 3.63) is 381 Å². The number of nitrogens with one attached hydrogen (secondary N) is 5. The lowest BCUT2D eigenvalue weighted by Crippen LogP contribution is -2.30. The number of carboxylic acid groups (broad SMARTS) is 2. The normalized spacial score (nSPS) is 11.6. The molecule has 10 aromatic carbocycles. The molecular weight excluding hydrogens is 1610 g/mol. The van der Waals surface area contributed by atoms with E-state index in [4.69, 9.17) is 38.3 Å². The number of rotatable bonds is 35. The van der Waals surface area contributed by atoms with Gasteiger partial charge in [0.1, 0.15) is 0 Å². The van der Waals surface area contributed by atoms with E-state index < -0.39 is 63.1 Å². The number of nitro benzene ring substituents is 3. The lowest BCUT2D eigenvalue weighted by Gasteiger charge is -2.12. The van der Waals surface area contributed by atoms with E-state index in [1.54, 1.807) is 102 Å². The summed E-state index contributed by atoms with van der Waals surface area (Å²) in [6.45, 7) is 4.80. The highest BCUT2D eigenvalue weighted by Gasteiger charge is 2.18. The molecule has 2 aromatic heterocycles. The average molecular weight is 1720 g/mol. The molecule has 0 aliphatic heterocycles. The molecule has 31 nitrogen and oxygen atoms in total. The van der Waals surface area contributed by atoms with E-state index in [9.17, 15) is 69.9 Å². The number of hydrogen-bond donors (Lipinski definition) is 16. The summed E-state index contributed by atoms with van der Waals surface area (Å²) in [7, 11) is 0. The second-order valence-corrected chi connectivity index (χ2v) is 28.8. The third kappa shape index (κ3) is 39.6. The van der Waals surface area contributed by atoms with Crippen molar-refractivity contribution < 1.29 is 69.7 Å². The van der Waals surface area contributed by atoms with E-state index in [0.29, 0.717) is 78.5 Å². The average Bonchev–Trinajstić information content (AvgIpc) is 1.53. The molecule has 2 heterocycles. The first-order chi connectivity index (χ1) is 59.2. The number of amides is 2. The zero-order valence-corrected chi connectivity index (χ0v) is 68.8. The molecule has 0 bridgehead atoms. The van der Waals surface area contributed by atoms with Gasteiger partial charge in [0.05, 0.1) is 57.3 Å². The number of aliphatic hydroxyl groups excluding tert-OH is 5. The van der Waals surface area contributed by atoms with Crippen LogP contribution in [0.2, 0.25) is 0 Å². The van der Waals surface area contributed by atoms with Crippen LogP contribution in [-0.4, -0.2) is 137 Å². The van der Waals surface area contributed by atoms with Crippen LogP contribution < -0.4 is 49.5 Å². The highest BCUT2D eigenvalue weighted by Crippen LogP contribution is 2.21. The first-order valence-corrected chi connectivity index (χ1v) is 40.5. The number of anilines is 4. The number of thiazole rings is 2. The fourth-order valence-corrected chi connectivity index (χ4v) is 12.2. The van der Waals surface area contributed by atoms with Gasteiger partial charge in [0.25, 0.3) is 23.0 Å². The molecule has 20 N–H and O–H groups in total. The van der Waals surface area contributed by atoms with Crippen molar-refractivity contribution in [1.29, 1.82) is 0 Å². The molecule has 646 valence electrons. The number of nitro groups is 3. The predicted molar refractivity (Wildman–Crippen MR) is 477 cm³/mol.